The molecular weight excluding hydrogens is 232 g/mol. The van der Waals surface area contributed by atoms with Crippen molar-refractivity contribution >= 4 is 17.7 Å². The maximum Gasteiger partial charge on any atom is 0.303 e. The average Bonchev–Trinajstić information content (AvgIpc) is 2.33. The molecule has 0 aromatic heterocycles. The Morgan fingerprint density at radius 2 is 1.88 bits per heavy atom. The van der Waals surface area contributed by atoms with Crippen molar-refractivity contribution < 1.29 is 9.90 Å². The van der Waals surface area contributed by atoms with Crippen LogP contribution in [-0.2, 0) is 11.2 Å². The lowest BCUT2D eigenvalue weighted by molar-refractivity contribution is -0.137. The average molecular weight is 252 g/mol. The molecule has 0 radical (unpaired) electrons. The van der Waals surface area contributed by atoms with Crippen molar-refractivity contribution in [3.63, 3.8) is 0 Å². The zero-order chi connectivity index (χ0) is 12.5. The number of benzene rings is 1. The Hall–Kier alpha value is -0.960. The van der Waals surface area contributed by atoms with Gasteiger partial charge < -0.3 is 5.11 Å². The van der Waals surface area contributed by atoms with E-state index < -0.39 is 5.97 Å². The number of rotatable bonds is 8. The van der Waals surface area contributed by atoms with Crippen molar-refractivity contribution in [2.45, 2.75) is 43.4 Å². The summed E-state index contributed by atoms with van der Waals surface area (Å²) in [6.45, 7) is 0. The van der Waals surface area contributed by atoms with E-state index in [4.69, 9.17) is 5.11 Å². The summed E-state index contributed by atoms with van der Waals surface area (Å²) in [5.41, 5.74) is 1.42. The number of unbranched alkanes of at least 4 members (excludes halogenated alkanes) is 3. The maximum atomic E-state index is 10.3. The number of hydrogen-bond donors (Lipinski definition) is 1. The standard InChI is InChI=1S/C14H20O2S/c1-17-13-10-7-6-9-12(13)8-4-2-3-5-11-14(15)16/h6-7,9-10H,2-5,8,11H2,1H3,(H,15,16). The number of hydrogen-bond acceptors (Lipinski definition) is 2. The largest absolute Gasteiger partial charge is 0.481 e. The van der Waals surface area contributed by atoms with Crippen LogP contribution >= 0.6 is 11.8 Å². The third kappa shape index (κ3) is 5.78. The molecule has 0 unspecified atom stereocenters. The Labute approximate surface area is 107 Å². The lowest BCUT2D eigenvalue weighted by Gasteiger charge is -2.06. The first-order valence-corrected chi connectivity index (χ1v) is 7.30. The zero-order valence-electron chi connectivity index (χ0n) is 10.3. The molecule has 0 saturated heterocycles. The fraction of sp³-hybridized carbons (Fsp3) is 0.500. The van der Waals surface area contributed by atoms with Gasteiger partial charge in [-0.25, -0.2) is 0 Å². The molecule has 1 rings (SSSR count). The summed E-state index contributed by atoms with van der Waals surface area (Å²) >= 11 is 1.79. The quantitative estimate of drug-likeness (QED) is 0.561. The molecule has 0 fully saturated rings. The molecule has 0 heterocycles. The number of carboxylic acid groups (broad SMARTS) is 1. The molecule has 1 aromatic carbocycles. The number of carboxylic acids is 1. The zero-order valence-corrected chi connectivity index (χ0v) is 11.1. The highest BCUT2D eigenvalue weighted by molar-refractivity contribution is 7.98. The monoisotopic (exact) mass is 252 g/mol. The number of thioether (sulfide) groups is 1. The number of aliphatic carboxylic acids is 1. The van der Waals surface area contributed by atoms with Crippen molar-refractivity contribution in [2.24, 2.45) is 0 Å². The van der Waals surface area contributed by atoms with Crippen molar-refractivity contribution in [1.82, 2.24) is 0 Å². The van der Waals surface area contributed by atoms with Gasteiger partial charge in [0.1, 0.15) is 0 Å². The fourth-order valence-electron chi connectivity index (χ4n) is 1.85. The van der Waals surface area contributed by atoms with E-state index in [0.717, 1.165) is 32.1 Å². The van der Waals surface area contributed by atoms with Crippen molar-refractivity contribution in [3.05, 3.63) is 29.8 Å². The topological polar surface area (TPSA) is 37.3 Å². The highest BCUT2D eigenvalue weighted by atomic mass is 32.2. The highest BCUT2D eigenvalue weighted by Crippen LogP contribution is 2.21. The minimum absolute atomic E-state index is 0.307. The second-order valence-electron chi connectivity index (χ2n) is 4.12. The van der Waals surface area contributed by atoms with Gasteiger partial charge in [-0.2, -0.15) is 0 Å². The van der Waals surface area contributed by atoms with Crippen molar-refractivity contribution in [1.29, 1.82) is 0 Å². The van der Waals surface area contributed by atoms with Crippen LogP contribution in [0.25, 0.3) is 0 Å². The van der Waals surface area contributed by atoms with E-state index in [-0.39, 0.29) is 0 Å². The Morgan fingerprint density at radius 1 is 1.18 bits per heavy atom. The van der Waals surface area contributed by atoms with Gasteiger partial charge in [-0.1, -0.05) is 31.0 Å². The molecule has 0 spiro atoms. The Morgan fingerprint density at radius 3 is 2.59 bits per heavy atom. The van der Waals surface area contributed by atoms with Gasteiger partial charge in [0.05, 0.1) is 0 Å². The van der Waals surface area contributed by atoms with Crippen LogP contribution in [0.5, 0.6) is 0 Å². The first kappa shape index (κ1) is 14.1. The molecule has 2 nitrogen and oxygen atoms in total. The lowest BCUT2D eigenvalue weighted by Crippen LogP contribution is -1.94. The van der Waals surface area contributed by atoms with Gasteiger partial charge in [-0.3, -0.25) is 4.79 Å². The summed E-state index contributed by atoms with van der Waals surface area (Å²) in [5, 5.41) is 8.51. The number of aryl methyl sites for hydroxylation is 1. The van der Waals surface area contributed by atoms with E-state index in [9.17, 15) is 4.79 Å². The molecule has 0 amide bonds. The van der Waals surface area contributed by atoms with Crippen LogP contribution in [0.3, 0.4) is 0 Å². The second kappa shape index (κ2) is 8.18. The molecule has 3 heteroatoms. The van der Waals surface area contributed by atoms with Crippen molar-refractivity contribution in [3.8, 4) is 0 Å². The molecule has 94 valence electrons. The summed E-state index contributed by atoms with van der Waals surface area (Å²) in [6.07, 6.45) is 7.61. The van der Waals surface area contributed by atoms with E-state index in [1.54, 1.807) is 11.8 Å². The maximum absolute atomic E-state index is 10.3. The van der Waals surface area contributed by atoms with E-state index in [1.165, 1.54) is 10.5 Å². The lowest BCUT2D eigenvalue weighted by atomic mass is 10.1. The minimum atomic E-state index is -0.683. The molecular formula is C14H20O2S. The van der Waals surface area contributed by atoms with E-state index in [0.29, 0.717) is 6.42 Å². The smallest absolute Gasteiger partial charge is 0.303 e. The van der Waals surface area contributed by atoms with E-state index >= 15 is 0 Å². The molecule has 17 heavy (non-hydrogen) atoms. The van der Waals surface area contributed by atoms with E-state index in [1.807, 2.05) is 0 Å². The van der Waals surface area contributed by atoms with Gasteiger partial charge in [0.15, 0.2) is 0 Å². The molecule has 0 saturated carbocycles. The summed E-state index contributed by atoms with van der Waals surface area (Å²) in [6, 6.07) is 8.50. The summed E-state index contributed by atoms with van der Waals surface area (Å²) < 4.78 is 0. The molecule has 0 aliphatic carbocycles. The molecule has 0 aliphatic rings. The molecule has 0 atom stereocenters. The van der Waals surface area contributed by atoms with Crippen LogP contribution in [0.4, 0.5) is 0 Å². The van der Waals surface area contributed by atoms with Crippen LogP contribution in [0.15, 0.2) is 29.2 Å². The van der Waals surface area contributed by atoms with Gasteiger partial charge in [-0.15, -0.1) is 11.8 Å². The first-order chi connectivity index (χ1) is 8.24. The second-order valence-corrected chi connectivity index (χ2v) is 4.97. The predicted octanol–water partition coefficient (Wildman–Crippen LogP) is 3.99. The predicted molar refractivity (Wildman–Crippen MR) is 72.6 cm³/mol. The summed E-state index contributed by atoms with van der Waals surface area (Å²) in [4.78, 5) is 11.7. The SMILES string of the molecule is CSc1ccccc1CCCCCCC(=O)O. The van der Waals surface area contributed by atoms with Gasteiger partial charge in [0, 0.05) is 11.3 Å². The van der Waals surface area contributed by atoms with Crippen molar-refractivity contribution in [2.75, 3.05) is 6.26 Å². The Bertz CT molecular complexity index is 350. The molecule has 1 N–H and O–H groups in total. The Balaban J connectivity index is 2.19. The number of carbonyl (C=O) groups is 1. The third-order valence-electron chi connectivity index (χ3n) is 2.78. The summed E-state index contributed by atoms with van der Waals surface area (Å²) in [7, 11) is 0. The van der Waals surface area contributed by atoms with Crippen LogP contribution < -0.4 is 0 Å². The molecule has 0 bridgehead atoms. The fourth-order valence-corrected chi connectivity index (χ4v) is 2.50. The van der Waals surface area contributed by atoms with Gasteiger partial charge >= 0.3 is 5.97 Å². The van der Waals surface area contributed by atoms with Gasteiger partial charge in [-0.05, 0) is 37.1 Å². The molecule has 1 aromatic rings. The normalized spacial score (nSPS) is 10.4. The first-order valence-electron chi connectivity index (χ1n) is 6.07. The van der Waals surface area contributed by atoms with Gasteiger partial charge in [0.25, 0.3) is 0 Å². The van der Waals surface area contributed by atoms with Crippen LogP contribution in [0.2, 0.25) is 0 Å². The highest BCUT2D eigenvalue weighted by Gasteiger charge is 2.00. The van der Waals surface area contributed by atoms with Gasteiger partial charge in [0.2, 0.25) is 0 Å². The molecule has 0 aliphatic heterocycles. The van der Waals surface area contributed by atoms with Crippen LogP contribution in [0, 0.1) is 0 Å². The van der Waals surface area contributed by atoms with Crippen LogP contribution in [0.1, 0.15) is 37.7 Å². The van der Waals surface area contributed by atoms with Crippen LogP contribution in [-0.4, -0.2) is 17.3 Å². The third-order valence-corrected chi connectivity index (χ3v) is 3.62. The summed E-state index contributed by atoms with van der Waals surface area (Å²) in [5.74, 6) is -0.683. The minimum Gasteiger partial charge on any atom is -0.481 e. The Kier molecular flexibility index (Phi) is 6.78. The van der Waals surface area contributed by atoms with E-state index in [2.05, 4.69) is 30.5 Å².